The number of nitrogens with zero attached hydrogens (tertiary/aromatic N) is 1. The van der Waals surface area contributed by atoms with E-state index in [-0.39, 0.29) is 6.61 Å². The van der Waals surface area contributed by atoms with Crippen LogP contribution < -0.4 is 9.47 Å². The molecule has 0 atom stereocenters. The zero-order chi connectivity index (χ0) is 13.7. The molecule has 2 aromatic rings. The number of ether oxygens (including phenoxy) is 2. The van der Waals surface area contributed by atoms with Crippen molar-refractivity contribution in [3.63, 3.8) is 0 Å². The van der Waals surface area contributed by atoms with E-state index in [9.17, 15) is 0 Å². The average Bonchev–Trinajstić information content (AvgIpc) is 2.46. The highest BCUT2D eigenvalue weighted by Gasteiger charge is 2.07. The van der Waals surface area contributed by atoms with Crippen LogP contribution in [-0.2, 0) is 13.2 Å². The second kappa shape index (κ2) is 6.41. The average molecular weight is 280 g/mol. The maximum atomic E-state index is 9.07. The fourth-order valence-corrected chi connectivity index (χ4v) is 1.78. The van der Waals surface area contributed by atoms with Gasteiger partial charge in [-0.3, -0.25) is 4.98 Å². The van der Waals surface area contributed by atoms with Gasteiger partial charge in [-0.05, 0) is 23.8 Å². The third-order valence-electron chi connectivity index (χ3n) is 2.65. The van der Waals surface area contributed by atoms with Crippen LogP contribution in [0.15, 0.2) is 36.7 Å². The van der Waals surface area contributed by atoms with Crippen molar-refractivity contribution < 1.29 is 14.6 Å². The number of hydrogen-bond acceptors (Lipinski definition) is 4. The second-order valence-electron chi connectivity index (χ2n) is 3.90. The summed E-state index contributed by atoms with van der Waals surface area (Å²) in [5.41, 5.74) is 1.62. The maximum Gasteiger partial charge on any atom is 0.161 e. The molecule has 1 aromatic carbocycles. The molecule has 0 unspecified atom stereocenters. The molecule has 0 amide bonds. The molecule has 1 N–H and O–H groups in total. The van der Waals surface area contributed by atoms with Crippen LogP contribution in [0.2, 0.25) is 5.02 Å². The molecular weight excluding hydrogens is 266 g/mol. The number of pyridine rings is 1. The van der Waals surface area contributed by atoms with E-state index in [1.807, 2.05) is 0 Å². The van der Waals surface area contributed by atoms with E-state index < -0.39 is 0 Å². The molecule has 0 bridgehead atoms. The Morgan fingerprint density at radius 1 is 1.26 bits per heavy atom. The van der Waals surface area contributed by atoms with Crippen molar-refractivity contribution >= 4 is 11.6 Å². The molecule has 4 nitrogen and oxygen atoms in total. The van der Waals surface area contributed by atoms with Crippen molar-refractivity contribution in [3.05, 3.63) is 52.8 Å². The predicted octanol–water partition coefficient (Wildman–Crippen LogP) is 2.81. The highest BCUT2D eigenvalue weighted by Crippen LogP contribution is 2.29. The molecule has 0 radical (unpaired) electrons. The van der Waals surface area contributed by atoms with Gasteiger partial charge in [-0.2, -0.15) is 0 Å². The van der Waals surface area contributed by atoms with Gasteiger partial charge in [-0.1, -0.05) is 17.7 Å². The molecule has 0 aliphatic rings. The Labute approximate surface area is 116 Å². The van der Waals surface area contributed by atoms with E-state index in [1.165, 1.54) is 0 Å². The first-order valence-electron chi connectivity index (χ1n) is 5.73. The van der Waals surface area contributed by atoms with Crippen LogP contribution in [0.5, 0.6) is 11.5 Å². The zero-order valence-electron chi connectivity index (χ0n) is 10.5. The first-order valence-corrected chi connectivity index (χ1v) is 6.11. The molecule has 0 saturated heterocycles. The molecule has 1 heterocycles. The standard InChI is InChI=1S/C14H14ClNO3/c1-18-14-6-10(8-17)2-3-13(14)19-9-11-4-5-16-7-12(11)15/h2-7,17H,8-9H2,1H3. The monoisotopic (exact) mass is 279 g/mol. The zero-order valence-corrected chi connectivity index (χ0v) is 11.2. The highest BCUT2D eigenvalue weighted by atomic mass is 35.5. The summed E-state index contributed by atoms with van der Waals surface area (Å²) in [6, 6.07) is 7.09. The predicted molar refractivity (Wildman–Crippen MR) is 72.5 cm³/mol. The summed E-state index contributed by atoms with van der Waals surface area (Å²) in [7, 11) is 1.56. The van der Waals surface area contributed by atoms with E-state index in [4.69, 9.17) is 26.2 Å². The van der Waals surface area contributed by atoms with E-state index in [2.05, 4.69) is 4.98 Å². The normalized spacial score (nSPS) is 10.3. The van der Waals surface area contributed by atoms with Gasteiger partial charge in [0.05, 0.1) is 18.7 Å². The molecule has 0 spiro atoms. The maximum absolute atomic E-state index is 9.07. The van der Waals surface area contributed by atoms with Crippen LogP contribution in [0.4, 0.5) is 0 Å². The lowest BCUT2D eigenvalue weighted by atomic mass is 10.2. The summed E-state index contributed by atoms with van der Waals surface area (Å²) >= 11 is 6.01. The Morgan fingerprint density at radius 3 is 2.79 bits per heavy atom. The Bertz CT molecular complexity index is 560. The fraction of sp³-hybridized carbons (Fsp3) is 0.214. The molecule has 0 saturated carbocycles. The molecule has 0 fully saturated rings. The minimum absolute atomic E-state index is 0.0349. The van der Waals surface area contributed by atoms with Crippen molar-refractivity contribution in [2.45, 2.75) is 13.2 Å². The largest absolute Gasteiger partial charge is 0.493 e. The first-order chi connectivity index (χ1) is 9.24. The van der Waals surface area contributed by atoms with Gasteiger partial charge in [0.15, 0.2) is 11.5 Å². The quantitative estimate of drug-likeness (QED) is 0.914. The van der Waals surface area contributed by atoms with E-state index in [0.717, 1.165) is 11.1 Å². The summed E-state index contributed by atoms with van der Waals surface area (Å²) in [4.78, 5) is 3.92. The number of aliphatic hydroxyl groups is 1. The molecule has 100 valence electrons. The minimum Gasteiger partial charge on any atom is -0.493 e. The summed E-state index contributed by atoms with van der Waals surface area (Å²) in [5, 5.41) is 9.64. The third kappa shape index (κ3) is 3.36. The van der Waals surface area contributed by atoms with Gasteiger partial charge in [0.2, 0.25) is 0 Å². The smallest absolute Gasteiger partial charge is 0.161 e. The molecular formula is C14H14ClNO3. The van der Waals surface area contributed by atoms with Crippen LogP contribution in [-0.4, -0.2) is 17.2 Å². The van der Waals surface area contributed by atoms with Crippen molar-refractivity contribution in [2.75, 3.05) is 7.11 Å². The molecule has 2 rings (SSSR count). The molecule has 1 aromatic heterocycles. The number of rotatable bonds is 5. The second-order valence-corrected chi connectivity index (χ2v) is 4.31. The lowest BCUT2D eigenvalue weighted by Crippen LogP contribution is -1.99. The molecule has 5 heteroatoms. The number of hydrogen-bond donors (Lipinski definition) is 1. The Kier molecular flexibility index (Phi) is 4.60. The number of halogens is 1. The molecule has 0 aliphatic carbocycles. The van der Waals surface area contributed by atoms with Crippen LogP contribution in [0, 0.1) is 0 Å². The lowest BCUT2D eigenvalue weighted by Gasteiger charge is -2.12. The van der Waals surface area contributed by atoms with Gasteiger partial charge in [0, 0.05) is 18.0 Å². The Hall–Kier alpha value is -1.78. The van der Waals surface area contributed by atoms with Crippen molar-refractivity contribution in [2.24, 2.45) is 0 Å². The summed E-state index contributed by atoms with van der Waals surface area (Å²) in [5.74, 6) is 1.18. The molecule has 0 aliphatic heterocycles. The van der Waals surface area contributed by atoms with Gasteiger partial charge in [-0.15, -0.1) is 0 Å². The van der Waals surface area contributed by atoms with Crippen molar-refractivity contribution in [1.82, 2.24) is 4.98 Å². The number of benzene rings is 1. The Morgan fingerprint density at radius 2 is 2.11 bits per heavy atom. The summed E-state index contributed by atoms with van der Waals surface area (Å²) in [6.45, 7) is 0.295. The van der Waals surface area contributed by atoms with Gasteiger partial charge in [0.25, 0.3) is 0 Å². The number of aliphatic hydroxyl groups excluding tert-OH is 1. The highest BCUT2D eigenvalue weighted by molar-refractivity contribution is 6.31. The van der Waals surface area contributed by atoms with Crippen LogP contribution in [0.25, 0.3) is 0 Å². The SMILES string of the molecule is COc1cc(CO)ccc1OCc1ccncc1Cl. The molecule has 19 heavy (non-hydrogen) atoms. The van der Waals surface area contributed by atoms with E-state index in [0.29, 0.717) is 23.1 Å². The van der Waals surface area contributed by atoms with Gasteiger partial charge in [-0.25, -0.2) is 0 Å². The number of methoxy groups -OCH3 is 1. The van der Waals surface area contributed by atoms with Gasteiger partial charge in [0.1, 0.15) is 6.61 Å². The fourth-order valence-electron chi connectivity index (χ4n) is 1.61. The lowest BCUT2D eigenvalue weighted by molar-refractivity contribution is 0.274. The van der Waals surface area contributed by atoms with Gasteiger partial charge >= 0.3 is 0 Å². The van der Waals surface area contributed by atoms with Crippen LogP contribution in [0.3, 0.4) is 0 Å². The number of aromatic nitrogens is 1. The van der Waals surface area contributed by atoms with Crippen molar-refractivity contribution in [1.29, 1.82) is 0 Å². The van der Waals surface area contributed by atoms with Crippen LogP contribution in [0.1, 0.15) is 11.1 Å². The summed E-state index contributed by atoms with van der Waals surface area (Å²) in [6.07, 6.45) is 3.24. The first kappa shape index (κ1) is 13.6. The van der Waals surface area contributed by atoms with Crippen molar-refractivity contribution in [3.8, 4) is 11.5 Å². The van der Waals surface area contributed by atoms with Crippen LogP contribution >= 0.6 is 11.6 Å². The minimum atomic E-state index is -0.0349. The summed E-state index contributed by atoms with van der Waals surface area (Å²) < 4.78 is 10.9. The van der Waals surface area contributed by atoms with E-state index in [1.54, 1.807) is 43.8 Å². The van der Waals surface area contributed by atoms with Gasteiger partial charge < -0.3 is 14.6 Å². The third-order valence-corrected chi connectivity index (χ3v) is 2.99. The van der Waals surface area contributed by atoms with E-state index >= 15 is 0 Å². The topological polar surface area (TPSA) is 51.6 Å². The Balaban J connectivity index is 2.13.